The number of nitrogens with zero attached hydrogens (tertiary/aromatic N) is 1. The quantitative estimate of drug-likeness (QED) is 0.628. The van der Waals surface area contributed by atoms with Gasteiger partial charge in [0.2, 0.25) is 0 Å². The van der Waals surface area contributed by atoms with E-state index in [0.29, 0.717) is 0 Å². The van der Waals surface area contributed by atoms with Gasteiger partial charge in [-0.15, -0.1) is 0 Å². The maximum atomic E-state index is 11.2. The third-order valence-corrected chi connectivity index (χ3v) is 1.80. The van der Waals surface area contributed by atoms with Gasteiger partial charge in [0.05, 0.1) is 5.52 Å². The highest BCUT2D eigenvalue weighted by Crippen LogP contribution is 2.01. The van der Waals surface area contributed by atoms with Crippen molar-refractivity contribution in [3.8, 4) is 0 Å². The van der Waals surface area contributed by atoms with Gasteiger partial charge in [-0.2, -0.15) is 0 Å². The summed E-state index contributed by atoms with van der Waals surface area (Å²) in [6.45, 7) is 0. The Kier molecular flexibility index (Phi) is 1.45. The fraction of sp³-hybridized carbons (Fsp3) is 0. The molecule has 0 unspecified atom stereocenters. The molecular weight excluding hydrogens is 170 g/mol. The third-order valence-electron chi connectivity index (χ3n) is 1.80. The number of nitrogens with two attached hydrogens (primary N) is 1. The van der Waals surface area contributed by atoms with Gasteiger partial charge in [0, 0.05) is 6.20 Å². The Labute approximate surface area is 72.8 Å². The fourth-order valence-electron chi connectivity index (χ4n) is 1.18. The van der Waals surface area contributed by atoms with Gasteiger partial charge in [0.15, 0.2) is 0 Å². The molecule has 2 heterocycles. The minimum atomic E-state index is -0.718. The number of primary amides is 1. The molecule has 3 N–H and O–H groups in total. The van der Waals surface area contributed by atoms with Crippen LogP contribution in [0.15, 0.2) is 29.2 Å². The summed E-state index contributed by atoms with van der Waals surface area (Å²) in [6, 6.07) is 4.99. The van der Waals surface area contributed by atoms with E-state index in [9.17, 15) is 9.59 Å². The van der Waals surface area contributed by atoms with Crippen LogP contribution < -0.4 is 11.3 Å². The lowest BCUT2D eigenvalue weighted by atomic mass is 10.3. The molecule has 2 rings (SSSR count). The molecule has 0 radical (unpaired) electrons. The second-order valence-corrected chi connectivity index (χ2v) is 2.67. The van der Waals surface area contributed by atoms with Crippen molar-refractivity contribution in [3.05, 3.63) is 40.3 Å². The Morgan fingerprint density at radius 1 is 1.54 bits per heavy atom. The van der Waals surface area contributed by atoms with Crippen LogP contribution in [0.4, 0.5) is 0 Å². The van der Waals surface area contributed by atoms with Crippen LogP contribution in [0.5, 0.6) is 0 Å². The summed E-state index contributed by atoms with van der Waals surface area (Å²) in [5.74, 6) is -0.718. The summed E-state index contributed by atoms with van der Waals surface area (Å²) in [5.41, 5.74) is 5.24. The highest BCUT2D eigenvalue weighted by Gasteiger charge is 2.06. The van der Waals surface area contributed by atoms with E-state index in [-0.39, 0.29) is 5.56 Å². The van der Waals surface area contributed by atoms with E-state index in [1.165, 1.54) is 10.6 Å². The van der Waals surface area contributed by atoms with Crippen LogP contribution >= 0.6 is 0 Å². The van der Waals surface area contributed by atoms with Gasteiger partial charge in [-0.3, -0.25) is 19.2 Å². The largest absolute Gasteiger partial charge is 0.365 e. The second kappa shape index (κ2) is 2.48. The molecule has 5 heteroatoms. The zero-order valence-electron chi connectivity index (χ0n) is 6.65. The van der Waals surface area contributed by atoms with E-state index in [2.05, 4.69) is 5.10 Å². The Morgan fingerprint density at radius 2 is 2.31 bits per heavy atom. The number of carbonyl (C=O) groups excluding carboxylic acids is 1. The molecule has 2 aromatic rings. The number of amides is 1. The Balaban J connectivity index is 2.84. The summed E-state index contributed by atoms with van der Waals surface area (Å²) < 4.78 is 1.52. The SMILES string of the molecule is NC(=O)c1cc2cccn2[nH]c1=O. The van der Waals surface area contributed by atoms with E-state index in [4.69, 9.17) is 5.73 Å². The van der Waals surface area contributed by atoms with Gasteiger partial charge in [0.25, 0.3) is 11.5 Å². The number of fused-ring (bicyclic) bond motifs is 1. The van der Waals surface area contributed by atoms with Gasteiger partial charge in [-0.25, -0.2) is 0 Å². The molecule has 0 bridgehead atoms. The molecule has 1 amide bonds. The molecule has 0 aliphatic heterocycles. The first-order chi connectivity index (χ1) is 6.18. The molecule has 5 nitrogen and oxygen atoms in total. The molecule has 0 saturated heterocycles. The molecule has 0 atom stereocenters. The normalized spacial score (nSPS) is 10.5. The average Bonchev–Trinajstić information content (AvgIpc) is 2.48. The maximum Gasteiger partial charge on any atom is 0.275 e. The van der Waals surface area contributed by atoms with Gasteiger partial charge >= 0.3 is 0 Å². The molecule has 0 fully saturated rings. The molecule has 0 saturated carbocycles. The van der Waals surface area contributed by atoms with Crippen LogP contribution in [0.1, 0.15) is 10.4 Å². The zero-order valence-corrected chi connectivity index (χ0v) is 6.65. The molecule has 2 aromatic heterocycles. The number of aromatic nitrogens is 2. The van der Waals surface area contributed by atoms with Gasteiger partial charge in [0.1, 0.15) is 5.56 Å². The summed E-state index contributed by atoms with van der Waals surface area (Å²) in [6.07, 6.45) is 1.68. The van der Waals surface area contributed by atoms with E-state index >= 15 is 0 Å². The monoisotopic (exact) mass is 177 g/mol. The number of nitrogens with one attached hydrogen (secondary N) is 1. The lowest BCUT2D eigenvalue weighted by Gasteiger charge is -1.96. The highest BCUT2D eigenvalue weighted by atomic mass is 16.2. The number of rotatable bonds is 1. The smallest absolute Gasteiger partial charge is 0.275 e. The van der Waals surface area contributed by atoms with Crippen molar-refractivity contribution in [2.24, 2.45) is 5.73 Å². The van der Waals surface area contributed by atoms with Gasteiger partial charge < -0.3 is 5.73 Å². The standard InChI is InChI=1S/C8H7N3O2/c9-7(12)6-4-5-2-1-3-11(5)10-8(6)13/h1-4H,(H2,9,12)(H,10,13). The van der Waals surface area contributed by atoms with Crippen molar-refractivity contribution in [1.82, 2.24) is 9.61 Å². The predicted molar refractivity (Wildman–Crippen MR) is 46.5 cm³/mol. The lowest BCUT2D eigenvalue weighted by molar-refractivity contribution is 0.0998. The molecule has 13 heavy (non-hydrogen) atoms. The van der Waals surface area contributed by atoms with E-state index < -0.39 is 11.5 Å². The summed E-state index contributed by atoms with van der Waals surface area (Å²) in [4.78, 5) is 22.0. The van der Waals surface area contributed by atoms with Crippen molar-refractivity contribution in [2.45, 2.75) is 0 Å². The molecular formula is C8H7N3O2. The first kappa shape index (κ1) is 7.60. The number of carbonyl (C=O) groups is 1. The summed E-state index contributed by atoms with van der Waals surface area (Å²) in [7, 11) is 0. The number of hydrogen-bond acceptors (Lipinski definition) is 2. The summed E-state index contributed by atoms with van der Waals surface area (Å²) >= 11 is 0. The van der Waals surface area contributed by atoms with Crippen LogP contribution in [0.3, 0.4) is 0 Å². The van der Waals surface area contributed by atoms with Crippen LogP contribution in [-0.2, 0) is 0 Å². The van der Waals surface area contributed by atoms with Crippen LogP contribution in [0, 0.1) is 0 Å². The number of aromatic amines is 1. The predicted octanol–water partition coefficient (Wildman–Crippen LogP) is -0.274. The third kappa shape index (κ3) is 1.10. The molecule has 0 aromatic carbocycles. The molecule has 0 spiro atoms. The van der Waals surface area contributed by atoms with Crippen molar-refractivity contribution >= 4 is 11.4 Å². The van der Waals surface area contributed by atoms with Crippen molar-refractivity contribution in [3.63, 3.8) is 0 Å². The lowest BCUT2D eigenvalue weighted by Crippen LogP contribution is -2.24. The first-order valence-electron chi connectivity index (χ1n) is 3.69. The van der Waals surface area contributed by atoms with Gasteiger partial charge in [-0.05, 0) is 18.2 Å². The van der Waals surface area contributed by atoms with Gasteiger partial charge in [-0.1, -0.05) is 0 Å². The van der Waals surface area contributed by atoms with Crippen molar-refractivity contribution < 1.29 is 4.79 Å². The first-order valence-corrected chi connectivity index (χ1v) is 3.69. The summed E-state index contributed by atoms with van der Waals surface area (Å²) in [5, 5.41) is 2.48. The number of hydrogen-bond donors (Lipinski definition) is 2. The average molecular weight is 177 g/mol. The maximum absolute atomic E-state index is 11.2. The highest BCUT2D eigenvalue weighted by molar-refractivity contribution is 5.93. The Morgan fingerprint density at radius 3 is 3.00 bits per heavy atom. The van der Waals surface area contributed by atoms with Crippen LogP contribution in [0.2, 0.25) is 0 Å². The van der Waals surface area contributed by atoms with E-state index in [0.717, 1.165) is 5.52 Å². The van der Waals surface area contributed by atoms with Crippen molar-refractivity contribution in [1.29, 1.82) is 0 Å². The van der Waals surface area contributed by atoms with Crippen LogP contribution in [-0.4, -0.2) is 15.5 Å². The topological polar surface area (TPSA) is 80.4 Å². The molecule has 66 valence electrons. The Bertz CT molecular complexity index is 523. The van der Waals surface area contributed by atoms with E-state index in [1.54, 1.807) is 18.3 Å². The van der Waals surface area contributed by atoms with Crippen LogP contribution in [0.25, 0.3) is 5.52 Å². The zero-order chi connectivity index (χ0) is 9.42. The minimum Gasteiger partial charge on any atom is -0.365 e. The molecule has 0 aliphatic rings. The second-order valence-electron chi connectivity index (χ2n) is 2.67. The molecule has 0 aliphatic carbocycles. The number of H-pyrrole nitrogens is 1. The Hall–Kier alpha value is -2.04. The van der Waals surface area contributed by atoms with Crippen molar-refractivity contribution in [2.75, 3.05) is 0 Å². The fourth-order valence-corrected chi connectivity index (χ4v) is 1.18. The minimum absolute atomic E-state index is 0.0220. The van der Waals surface area contributed by atoms with E-state index in [1.807, 2.05) is 0 Å².